The summed E-state index contributed by atoms with van der Waals surface area (Å²) in [5, 5.41) is 6.24. The molecular weight excluding hydrogens is 564 g/mol. The van der Waals surface area contributed by atoms with E-state index >= 15 is 0 Å². The van der Waals surface area contributed by atoms with Crippen LogP contribution in [0.2, 0.25) is 10.0 Å². The van der Waals surface area contributed by atoms with Crippen molar-refractivity contribution in [1.29, 1.82) is 0 Å². The van der Waals surface area contributed by atoms with Crippen molar-refractivity contribution in [1.82, 2.24) is 14.9 Å². The molecule has 0 radical (unpaired) electrons. The Labute approximate surface area is 249 Å². The van der Waals surface area contributed by atoms with Gasteiger partial charge in [0.15, 0.2) is 0 Å². The number of nitrogens with one attached hydrogen (secondary N) is 1. The van der Waals surface area contributed by atoms with Crippen LogP contribution in [0.25, 0.3) is 21.8 Å². The lowest BCUT2D eigenvalue weighted by Gasteiger charge is -2.33. The molecule has 1 N–H and O–H groups in total. The molecule has 2 fully saturated rings. The zero-order valence-electron chi connectivity index (χ0n) is 22.5. The fourth-order valence-corrected chi connectivity index (χ4v) is 8.14. The molecule has 2 aliphatic rings. The van der Waals surface area contributed by atoms with E-state index in [0.717, 1.165) is 72.9 Å². The Kier molecular flexibility index (Phi) is 8.57. The smallest absolute Gasteiger partial charge is 0.243 e. The summed E-state index contributed by atoms with van der Waals surface area (Å²) in [6.45, 7) is 0. The van der Waals surface area contributed by atoms with Crippen molar-refractivity contribution in [3.8, 4) is 0 Å². The van der Waals surface area contributed by atoms with Crippen LogP contribution in [-0.2, 0) is 10.5 Å². The van der Waals surface area contributed by atoms with Gasteiger partial charge in [0.05, 0.1) is 21.8 Å². The van der Waals surface area contributed by atoms with E-state index in [0.29, 0.717) is 21.8 Å². The molecule has 0 bridgehead atoms. The molecule has 8 heteroatoms. The fourth-order valence-electron chi connectivity index (χ4n) is 6.60. The number of aromatic nitrogens is 2. The molecule has 1 heterocycles. The maximum atomic E-state index is 14.6. The first-order chi connectivity index (χ1) is 19.5. The predicted molar refractivity (Wildman–Crippen MR) is 164 cm³/mol. The molecule has 0 spiro atoms. The van der Waals surface area contributed by atoms with Crippen LogP contribution < -0.4 is 5.32 Å². The summed E-state index contributed by atoms with van der Waals surface area (Å²) in [5.41, 5.74) is 1.24. The van der Waals surface area contributed by atoms with Gasteiger partial charge in [-0.25, -0.2) is 9.37 Å². The van der Waals surface area contributed by atoms with Crippen molar-refractivity contribution < 1.29 is 9.18 Å². The number of fused-ring (bicyclic) bond motifs is 2. The van der Waals surface area contributed by atoms with Crippen LogP contribution in [0.1, 0.15) is 76.1 Å². The van der Waals surface area contributed by atoms with E-state index in [1.165, 1.54) is 18.9 Å². The zero-order valence-corrected chi connectivity index (χ0v) is 24.8. The summed E-state index contributed by atoms with van der Waals surface area (Å²) in [4.78, 5) is 20.1. The summed E-state index contributed by atoms with van der Waals surface area (Å²) >= 11 is 14.6. The van der Waals surface area contributed by atoms with E-state index in [1.807, 2.05) is 18.2 Å². The average molecular weight is 599 g/mol. The molecule has 1 amide bonds. The lowest BCUT2D eigenvalue weighted by atomic mass is 9.83. The van der Waals surface area contributed by atoms with E-state index in [-0.39, 0.29) is 22.9 Å². The quantitative estimate of drug-likeness (QED) is 0.216. The number of imidazole rings is 1. The van der Waals surface area contributed by atoms with Crippen LogP contribution >= 0.6 is 35.0 Å². The molecule has 210 valence electrons. The number of benzene rings is 3. The Morgan fingerprint density at radius 3 is 2.42 bits per heavy atom. The summed E-state index contributed by atoms with van der Waals surface area (Å²) in [6.07, 6.45) is 11.0. The minimum absolute atomic E-state index is 0.0452. The highest BCUT2D eigenvalue weighted by molar-refractivity contribution is 7.98. The van der Waals surface area contributed by atoms with Crippen molar-refractivity contribution in [2.75, 3.05) is 0 Å². The maximum absolute atomic E-state index is 14.6. The topological polar surface area (TPSA) is 46.9 Å². The molecule has 6 rings (SSSR count). The molecule has 40 heavy (non-hydrogen) atoms. The SMILES string of the molecule is O=C(NC1CCCCC1)C(C1CCCCC1)n1c(CSc2cccc3cccc(Cl)c23)nc2cc(F)c(Cl)cc21. The number of nitrogens with zero attached hydrogens (tertiary/aromatic N) is 2. The van der Waals surface area contributed by atoms with Gasteiger partial charge in [-0.3, -0.25) is 4.79 Å². The molecule has 1 unspecified atom stereocenters. The number of rotatable bonds is 7. The molecule has 4 aromatic rings. The summed E-state index contributed by atoms with van der Waals surface area (Å²) in [5.74, 6) is 1.00. The zero-order chi connectivity index (χ0) is 27.6. The van der Waals surface area contributed by atoms with Gasteiger partial charge in [0.1, 0.15) is 17.7 Å². The lowest BCUT2D eigenvalue weighted by Crippen LogP contribution is -2.43. The number of amides is 1. The third kappa shape index (κ3) is 5.73. The van der Waals surface area contributed by atoms with Crippen molar-refractivity contribution in [2.45, 2.75) is 86.9 Å². The van der Waals surface area contributed by atoms with Gasteiger partial charge in [-0.1, -0.05) is 86.0 Å². The second-order valence-corrected chi connectivity index (χ2v) is 13.1. The minimum Gasteiger partial charge on any atom is -0.352 e. The Morgan fingerprint density at radius 2 is 1.68 bits per heavy atom. The summed E-state index contributed by atoms with van der Waals surface area (Å²) < 4.78 is 16.7. The van der Waals surface area contributed by atoms with Gasteiger partial charge in [-0.2, -0.15) is 0 Å². The Morgan fingerprint density at radius 1 is 0.975 bits per heavy atom. The molecule has 2 aliphatic carbocycles. The van der Waals surface area contributed by atoms with Crippen LogP contribution in [0.5, 0.6) is 0 Å². The highest BCUT2D eigenvalue weighted by Crippen LogP contribution is 2.40. The van der Waals surface area contributed by atoms with Gasteiger partial charge in [0.25, 0.3) is 0 Å². The molecule has 0 saturated heterocycles. The average Bonchev–Trinajstić information content (AvgIpc) is 3.30. The van der Waals surface area contributed by atoms with Gasteiger partial charge < -0.3 is 9.88 Å². The number of hydrogen-bond donors (Lipinski definition) is 1. The third-order valence-electron chi connectivity index (χ3n) is 8.57. The van der Waals surface area contributed by atoms with Crippen LogP contribution in [0.4, 0.5) is 4.39 Å². The Hall–Kier alpha value is -2.28. The highest BCUT2D eigenvalue weighted by atomic mass is 35.5. The highest BCUT2D eigenvalue weighted by Gasteiger charge is 2.35. The number of thioether (sulfide) groups is 1. The Bertz CT molecular complexity index is 1520. The normalized spacial score (nSPS) is 17.9. The maximum Gasteiger partial charge on any atom is 0.243 e. The van der Waals surface area contributed by atoms with E-state index < -0.39 is 11.9 Å². The molecular formula is C32H34Cl2FN3OS. The van der Waals surface area contributed by atoms with E-state index in [2.05, 4.69) is 28.1 Å². The van der Waals surface area contributed by atoms with Crippen LogP contribution in [0, 0.1) is 11.7 Å². The summed E-state index contributed by atoms with van der Waals surface area (Å²) in [6, 6.07) is 14.9. The number of halogens is 3. The monoisotopic (exact) mass is 597 g/mol. The van der Waals surface area contributed by atoms with Crippen molar-refractivity contribution in [2.24, 2.45) is 5.92 Å². The lowest BCUT2D eigenvalue weighted by molar-refractivity contribution is -0.127. The van der Waals surface area contributed by atoms with Gasteiger partial charge >= 0.3 is 0 Å². The standard InChI is InChI=1S/C32H34Cl2FN3OS/c33-23-15-7-11-20-12-8-16-28(30(20)23)40-19-29-37-26-18-25(35)24(34)17-27(26)38(29)31(21-9-3-1-4-10-21)32(39)36-22-13-5-2-6-14-22/h7-8,11-12,15-18,21-22,31H,1-6,9-10,13-14,19H2,(H,36,39). The van der Waals surface area contributed by atoms with Gasteiger partial charge in [0.2, 0.25) is 5.91 Å². The first kappa shape index (κ1) is 27.9. The van der Waals surface area contributed by atoms with Crippen LogP contribution in [0.15, 0.2) is 53.4 Å². The largest absolute Gasteiger partial charge is 0.352 e. The molecule has 2 saturated carbocycles. The van der Waals surface area contributed by atoms with Crippen molar-refractivity contribution in [3.63, 3.8) is 0 Å². The molecule has 1 aromatic heterocycles. The first-order valence-electron chi connectivity index (χ1n) is 14.5. The number of carbonyl (C=O) groups is 1. The number of carbonyl (C=O) groups excluding carboxylic acids is 1. The van der Waals surface area contributed by atoms with Crippen molar-refractivity contribution >= 4 is 62.7 Å². The van der Waals surface area contributed by atoms with E-state index in [1.54, 1.807) is 17.8 Å². The third-order valence-corrected chi connectivity index (χ3v) is 10.2. The predicted octanol–water partition coefficient (Wildman–Crippen LogP) is 9.50. The summed E-state index contributed by atoms with van der Waals surface area (Å²) in [7, 11) is 0. The molecule has 0 aliphatic heterocycles. The fraction of sp³-hybridized carbons (Fsp3) is 0.438. The Balaban J connectivity index is 1.42. The molecule has 4 nitrogen and oxygen atoms in total. The van der Waals surface area contributed by atoms with E-state index in [4.69, 9.17) is 28.2 Å². The van der Waals surface area contributed by atoms with E-state index in [9.17, 15) is 9.18 Å². The first-order valence-corrected chi connectivity index (χ1v) is 16.2. The second-order valence-electron chi connectivity index (χ2n) is 11.2. The van der Waals surface area contributed by atoms with Gasteiger partial charge in [-0.05, 0) is 55.2 Å². The van der Waals surface area contributed by atoms with Crippen LogP contribution in [0.3, 0.4) is 0 Å². The molecule has 3 aromatic carbocycles. The minimum atomic E-state index is -0.500. The second kappa shape index (κ2) is 12.3. The van der Waals surface area contributed by atoms with Gasteiger partial charge in [-0.15, -0.1) is 11.8 Å². The van der Waals surface area contributed by atoms with Crippen LogP contribution in [-0.4, -0.2) is 21.5 Å². The van der Waals surface area contributed by atoms with Crippen molar-refractivity contribution in [3.05, 3.63) is 70.2 Å². The number of hydrogen-bond acceptors (Lipinski definition) is 3. The molecule has 1 atom stereocenters. The van der Waals surface area contributed by atoms with Gasteiger partial charge in [0, 0.05) is 27.4 Å².